The van der Waals surface area contributed by atoms with E-state index < -0.39 is 0 Å². The molecule has 2 nitrogen and oxygen atoms in total. The van der Waals surface area contributed by atoms with E-state index in [2.05, 4.69) is 86.4 Å². The van der Waals surface area contributed by atoms with Crippen molar-refractivity contribution in [2.45, 2.75) is 26.2 Å². The second-order valence-electron chi connectivity index (χ2n) is 7.42. The second-order valence-corrected chi connectivity index (χ2v) is 7.42. The zero-order chi connectivity index (χ0) is 16.9. The summed E-state index contributed by atoms with van der Waals surface area (Å²) >= 11 is 0. The molecule has 0 saturated carbocycles. The van der Waals surface area contributed by atoms with Crippen LogP contribution in [0.15, 0.2) is 60.7 Å². The number of rotatable bonds is 1. The Kier molecular flexibility index (Phi) is 3.17. The molecular weight excluding hydrogens is 292 g/mol. The van der Waals surface area contributed by atoms with Crippen LogP contribution in [-0.2, 0) is 5.41 Å². The van der Waals surface area contributed by atoms with Crippen molar-refractivity contribution in [3.8, 4) is 11.1 Å². The van der Waals surface area contributed by atoms with Crippen LogP contribution < -0.4 is 5.73 Å². The van der Waals surface area contributed by atoms with Gasteiger partial charge in [-0.2, -0.15) is 0 Å². The van der Waals surface area contributed by atoms with Gasteiger partial charge in [-0.05, 0) is 28.7 Å². The largest absolute Gasteiger partial charge is 0.398 e. The van der Waals surface area contributed by atoms with Crippen LogP contribution in [0.5, 0.6) is 0 Å². The molecule has 0 aliphatic rings. The fourth-order valence-electron chi connectivity index (χ4n) is 3.71. The lowest BCUT2D eigenvalue weighted by Gasteiger charge is -2.26. The molecule has 3 aromatic carbocycles. The monoisotopic (exact) mass is 314 g/mol. The summed E-state index contributed by atoms with van der Waals surface area (Å²) < 4.78 is 0. The van der Waals surface area contributed by atoms with Gasteiger partial charge in [0.25, 0.3) is 0 Å². The Morgan fingerprint density at radius 2 is 1.50 bits per heavy atom. The Bertz CT molecular complexity index is 1030. The molecule has 1 heterocycles. The zero-order valence-electron chi connectivity index (χ0n) is 14.4. The lowest BCUT2D eigenvalue weighted by atomic mass is 9.79. The Morgan fingerprint density at radius 3 is 2.21 bits per heavy atom. The number of benzene rings is 3. The predicted octanol–water partition coefficient (Wildman–Crippen LogP) is 5.87. The highest BCUT2D eigenvalue weighted by atomic mass is 14.7. The minimum absolute atomic E-state index is 0.0409. The maximum absolute atomic E-state index is 6.55. The summed E-state index contributed by atoms with van der Waals surface area (Å²) in [5.74, 6) is 0. The number of hydrogen-bond acceptors (Lipinski definition) is 1. The van der Waals surface area contributed by atoms with Crippen LogP contribution in [0.3, 0.4) is 0 Å². The van der Waals surface area contributed by atoms with Crippen molar-refractivity contribution in [1.29, 1.82) is 0 Å². The van der Waals surface area contributed by atoms with Gasteiger partial charge in [0, 0.05) is 27.5 Å². The van der Waals surface area contributed by atoms with E-state index in [-0.39, 0.29) is 5.41 Å². The molecule has 0 amide bonds. The molecule has 3 N–H and O–H groups in total. The molecular formula is C22H22N2. The third kappa shape index (κ3) is 2.18. The first-order valence-electron chi connectivity index (χ1n) is 8.35. The number of hydrogen-bond donors (Lipinski definition) is 2. The fourth-order valence-corrected chi connectivity index (χ4v) is 3.71. The fraction of sp³-hybridized carbons (Fsp3) is 0.182. The standard InChI is InChI=1S/C22H22N2/c1-22(2,3)20-17(23)13-16-15-11-7-8-12-18(15)24-21(16)19(20)14-9-5-4-6-10-14/h4-13,24H,23H2,1-3H3. The van der Waals surface area contributed by atoms with Gasteiger partial charge in [-0.15, -0.1) is 0 Å². The second kappa shape index (κ2) is 5.13. The molecule has 0 aliphatic carbocycles. The van der Waals surface area contributed by atoms with Gasteiger partial charge in [-0.25, -0.2) is 0 Å². The Hall–Kier alpha value is -2.74. The zero-order valence-corrected chi connectivity index (χ0v) is 14.4. The minimum Gasteiger partial charge on any atom is -0.398 e. The van der Waals surface area contributed by atoms with Crippen LogP contribution in [-0.4, -0.2) is 4.98 Å². The first-order valence-corrected chi connectivity index (χ1v) is 8.35. The van der Waals surface area contributed by atoms with Gasteiger partial charge in [0.2, 0.25) is 0 Å². The van der Waals surface area contributed by atoms with Gasteiger partial charge in [0.1, 0.15) is 0 Å². The molecule has 0 saturated heterocycles. The molecule has 0 radical (unpaired) electrons. The summed E-state index contributed by atoms with van der Waals surface area (Å²) in [5, 5.41) is 2.41. The molecule has 0 fully saturated rings. The first kappa shape index (κ1) is 14.8. The lowest BCUT2D eigenvalue weighted by Crippen LogP contribution is -2.16. The van der Waals surface area contributed by atoms with E-state index in [1.807, 2.05) is 0 Å². The highest BCUT2D eigenvalue weighted by Gasteiger charge is 2.25. The molecule has 4 aromatic rings. The normalized spacial score (nSPS) is 12.1. The number of aromatic nitrogens is 1. The number of nitrogen functional groups attached to an aromatic ring is 1. The Morgan fingerprint density at radius 1 is 0.833 bits per heavy atom. The molecule has 0 unspecified atom stereocenters. The third-order valence-corrected chi connectivity index (χ3v) is 4.65. The van der Waals surface area contributed by atoms with E-state index in [9.17, 15) is 0 Å². The number of nitrogens with two attached hydrogens (primary N) is 1. The summed E-state index contributed by atoms with van der Waals surface area (Å²) in [6.45, 7) is 6.67. The Balaban J connectivity index is 2.23. The smallest absolute Gasteiger partial charge is 0.0549 e. The summed E-state index contributed by atoms with van der Waals surface area (Å²) in [6.07, 6.45) is 0. The van der Waals surface area contributed by atoms with Crippen LogP contribution >= 0.6 is 0 Å². The molecule has 0 aliphatic heterocycles. The number of para-hydroxylation sites is 1. The van der Waals surface area contributed by atoms with Gasteiger partial charge in [-0.3, -0.25) is 0 Å². The van der Waals surface area contributed by atoms with Crippen molar-refractivity contribution in [2.24, 2.45) is 0 Å². The molecule has 24 heavy (non-hydrogen) atoms. The van der Waals surface area contributed by atoms with Crippen LogP contribution in [0.1, 0.15) is 26.3 Å². The SMILES string of the molecule is CC(C)(C)c1c(N)cc2c([nH]c3ccccc32)c1-c1ccccc1. The van der Waals surface area contributed by atoms with Crippen molar-refractivity contribution < 1.29 is 0 Å². The van der Waals surface area contributed by atoms with E-state index >= 15 is 0 Å². The number of fused-ring (bicyclic) bond motifs is 3. The van der Waals surface area contributed by atoms with Gasteiger partial charge in [0.15, 0.2) is 0 Å². The maximum Gasteiger partial charge on any atom is 0.0549 e. The first-order chi connectivity index (χ1) is 11.5. The molecule has 1 aromatic heterocycles. The molecule has 4 rings (SSSR count). The molecule has 0 spiro atoms. The number of nitrogens with one attached hydrogen (secondary N) is 1. The minimum atomic E-state index is -0.0409. The molecule has 2 heteroatoms. The van der Waals surface area contributed by atoms with Gasteiger partial charge >= 0.3 is 0 Å². The summed E-state index contributed by atoms with van der Waals surface area (Å²) in [4.78, 5) is 3.63. The third-order valence-electron chi connectivity index (χ3n) is 4.65. The average Bonchev–Trinajstić information content (AvgIpc) is 2.92. The van der Waals surface area contributed by atoms with Gasteiger partial charge in [-0.1, -0.05) is 69.3 Å². The van der Waals surface area contributed by atoms with Crippen LogP contribution in [0.4, 0.5) is 5.69 Å². The van der Waals surface area contributed by atoms with E-state index in [0.29, 0.717) is 0 Å². The topological polar surface area (TPSA) is 41.8 Å². The van der Waals surface area contributed by atoms with Gasteiger partial charge in [0.05, 0.1) is 5.52 Å². The summed E-state index contributed by atoms with van der Waals surface area (Å²) in [5.41, 5.74) is 13.3. The van der Waals surface area contributed by atoms with E-state index in [1.54, 1.807) is 0 Å². The average molecular weight is 314 g/mol. The van der Waals surface area contributed by atoms with E-state index in [4.69, 9.17) is 5.73 Å². The summed E-state index contributed by atoms with van der Waals surface area (Å²) in [7, 11) is 0. The van der Waals surface area contributed by atoms with Gasteiger partial charge < -0.3 is 10.7 Å². The van der Waals surface area contributed by atoms with Crippen molar-refractivity contribution in [3.05, 3.63) is 66.2 Å². The Labute approximate surface area is 142 Å². The van der Waals surface area contributed by atoms with Crippen molar-refractivity contribution in [1.82, 2.24) is 4.98 Å². The van der Waals surface area contributed by atoms with Crippen molar-refractivity contribution >= 4 is 27.5 Å². The van der Waals surface area contributed by atoms with Crippen molar-refractivity contribution in [3.63, 3.8) is 0 Å². The quantitative estimate of drug-likeness (QED) is 0.424. The highest BCUT2D eigenvalue weighted by molar-refractivity contribution is 6.14. The maximum atomic E-state index is 6.55. The van der Waals surface area contributed by atoms with Crippen LogP contribution in [0.25, 0.3) is 32.9 Å². The number of anilines is 1. The van der Waals surface area contributed by atoms with Crippen LogP contribution in [0, 0.1) is 0 Å². The lowest BCUT2D eigenvalue weighted by molar-refractivity contribution is 0.595. The summed E-state index contributed by atoms with van der Waals surface area (Å²) in [6, 6.07) is 21.1. The van der Waals surface area contributed by atoms with E-state index in [0.717, 1.165) is 11.2 Å². The number of aromatic amines is 1. The van der Waals surface area contributed by atoms with Crippen molar-refractivity contribution in [2.75, 3.05) is 5.73 Å². The highest BCUT2D eigenvalue weighted by Crippen LogP contribution is 2.43. The molecule has 120 valence electrons. The molecule has 0 atom stereocenters. The van der Waals surface area contributed by atoms with E-state index in [1.165, 1.54) is 33.0 Å². The molecule has 0 bridgehead atoms. The number of H-pyrrole nitrogens is 1. The predicted molar refractivity (Wildman–Crippen MR) is 104 cm³/mol. The van der Waals surface area contributed by atoms with Crippen LogP contribution in [0.2, 0.25) is 0 Å².